The van der Waals surface area contributed by atoms with Crippen LogP contribution < -0.4 is 4.90 Å². The largest absolute Gasteiger partial charge is 0.297 e. The van der Waals surface area contributed by atoms with Crippen molar-refractivity contribution >= 4 is 34.2 Å². The highest BCUT2D eigenvalue weighted by molar-refractivity contribution is 6.36. The number of carbonyl (C=O) groups is 1. The quantitative estimate of drug-likeness (QED) is 0.800. The third-order valence-corrected chi connectivity index (χ3v) is 4.15. The van der Waals surface area contributed by atoms with Crippen molar-refractivity contribution in [1.82, 2.24) is 4.98 Å². The van der Waals surface area contributed by atoms with Crippen LogP contribution in [0, 0.1) is 12.7 Å². The maximum atomic E-state index is 13.4. The minimum absolute atomic E-state index is 0.0543. The van der Waals surface area contributed by atoms with Crippen molar-refractivity contribution < 1.29 is 9.18 Å². The number of fused-ring (bicyclic) bond motifs is 1. The standard InChI is InChI=1S/C15H14ClFN2O/c1-9-14(16)11-6-5-10(17)8-12(11)18-15(9)19-7-3-2-4-13(19)20/h5-6,8H,2-4,7H2,1H3. The minimum Gasteiger partial charge on any atom is -0.297 e. The van der Waals surface area contributed by atoms with Crippen LogP contribution in [0.15, 0.2) is 18.2 Å². The Hall–Kier alpha value is -1.68. The van der Waals surface area contributed by atoms with Crippen LogP contribution in [0.4, 0.5) is 10.2 Å². The van der Waals surface area contributed by atoms with Crippen LogP contribution in [0.2, 0.25) is 5.02 Å². The van der Waals surface area contributed by atoms with Gasteiger partial charge >= 0.3 is 0 Å². The van der Waals surface area contributed by atoms with E-state index in [1.165, 1.54) is 12.1 Å². The molecule has 2 aromatic rings. The molecule has 3 rings (SSSR count). The Kier molecular flexibility index (Phi) is 3.34. The first-order chi connectivity index (χ1) is 9.58. The molecule has 5 heteroatoms. The zero-order valence-corrected chi connectivity index (χ0v) is 11.9. The summed E-state index contributed by atoms with van der Waals surface area (Å²) in [4.78, 5) is 18.1. The van der Waals surface area contributed by atoms with Gasteiger partial charge in [0.1, 0.15) is 11.6 Å². The molecule has 0 atom stereocenters. The number of aromatic nitrogens is 1. The fourth-order valence-electron chi connectivity index (χ4n) is 2.57. The van der Waals surface area contributed by atoms with E-state index in [0.717, 1.165) is 18.4 Å². The van der Waals surface area contributed by atoms with Crippen LogP contribution in [0.3, 0.4) is 0 Å². The van der Waals surface area contributed by atoms with E-state index < -0.39 is 0 Å². The monoisotopic (exact) mass is 292 g/mol. The summed E-state index contributed by atoms with van der Waals surface area (Å²) in [6.45, 7) is 2.49. The maximum Gasteiger partial charge on any atom is 0.228 e. The van der Waals surface area contributed by atoms with E-state index in [2.05, 4.69) is 4.98 Å². The van der Waals surface area contributed by atoms with Gasteiger partial charge in [-0.25, -0.2) is 9.37 Å². The smallest absolute Gasteiger partial charge is 0.228 e. The Bertz CT molecular complexity index is 702. The second kappa shape index (κ2) is 5.02. The van der Waals surface area contributed by atoms with Crippen molar-refractivity contribution in [2.45, 2.75) is 26.2 Å². The third kappa shape index (κ3) is 2.14. The topological polar surface area (TPSA) is 33.2 Å². The predicted octanol–water partition coefficient (Wildman–Crippen LogP) is 3.85. The molecule has 0 aliphatic carbocycles. The molecule has 1 saturated heterocycles. The highest BCUT2D eigenvalue weighted by Gasteiger charge is 2.24. The number of pyridine rings is 1. The molecule has 1 aromatic heterocycles. The van der Waals surface area contributed by atoms with E-state index in [1.807, 2.05) is 6.92 Å². The molecule has 2 heterocycles. The third-order valence-electron chi connectivity index (χ3n) is 3.67. The van der Waals surface area contributed by atoms with Crippen LogP contribution >= 0.6 is 11.6 Å². The molecule has 1 aliphatic heterocycles. The van der Waals surface area contributed by atoms with Crippen molar-refractivity contribution in [2.75, 3.05) is 11.4 Å². The van der Waals surface area contributed by atoms with Gasteiger partial charge in [0.2, 0.25) is 5.91 Å². The molecule has 0 saturated carbocycles. The molecule has 1 aromatic carbocycles. The Morgan fingerprint density at radius 3 is 2.90 bits per heavy atom. The van der Waals surface area contributed by atoms with Crippen LogP contribution in [-0.2, 0) is 4.79 Å². The van der Waals surface area contributed by atoms with Gasteiger partial charge < -0.3 is 0 Å². The molecule has 1 aliphatic rings. The Balaban J connectivity index is 2.20. The zero-order valence-electron chi connectivity index (χ0n) is 11.1. The molecular formula is C15H14ClFN2O. The van der Waals surface area contributed by atoms with Crippen LogP contribution in [-0.4, -0.2) is 17.4 Å². The van der Waals surface area contributed by atoms with E-state index in [0.29, 0.717) is 34.7 Å². The lowest BCUT2D eigenvalue weighted by Crippen LogP contribution is -2.36. The van der Waals surface area contributed by atoms with Crippen molar-refractivity contribution in [1.29, 1.82) is 0 Å². The van der Waals surface area contributed by atoms with Gasteiger partial charge in [-0.15, -0.1) is 0 Å². The van der Waals surface area contributed by atoms with Crippen LogP contribution in [0.25, 0.3) is 10.9 Å². The summed E-state index contributed by atoms with van der Waals surface area (Å²) in [5, 5.41) is 1.24. The summed E-state index contributed by atoms with van der Waals surface area (Å²) in [5.41, 5.74) is 1.25. The SMILES string of the molecule is Cc1c(N2CCCCC2=O)nc2cc(F)ccc2c1Cl. The maximum absolute atomic E-state index is 13.4. The molecule has 1 fully saturated rings. The molecule has 104 valence electrons. The number of hydrogen-bond acceptors (Lipinski definition) is 2. The molecule has 0 bridgehead atoms. The lowest BCUT2D eigenvalue weighted by atomic mass is 10.1. The van der Waals surface area contributed by atoms with Gasteiger partial charge in [0.15, 0.2) is 0 Å². The summed E-state index contributed by atoms with van der Waals surface area (Å²) in [5.74, 6) is 0.248. The molecule has 0 radical (unpaired) electrons. The van der Waals surface area contributed by atoms with E-state index >= 15 is 0 Å². The van der Waals surface area contributed by atoms with Gasteiger partial charge in [0.25, 0.3) is 0 Å². The second-order valence-corrected chi connectivity index (χ2v) is 5.42. The molecule has 0 unspecified atom stereocenters. The van der Waals surface area contributed by atoms with Crippen LogP contribution in [0.5, 0.6) is 0 Å². The summed E-state index contributed by atoms with van der Waals surface area (Å²) >= 11 is 6.35. The number of amides is 1. The van der Waals surface area contributed by atoms with Gasteiger partial charge in [0, 0.05) is 30.0 Å². The Morgan fingerprint density at radius 1 is 1.35 bits per heavy atom. The van der Waals surface area contributed by atoms with E-state index in [9.17, 15) is 9.18 Å². The second-order valence-electron chi connectivity index (χ2n) is 5.04. The number of anilines is 1. The van der Waals surface area contributed by atoms with Gasteiger partial charge in [-0.1, -0.05) is 11.6 Å². The summed E-state index contributed by atoms with van der Waals surface area (Å²) in [6, 6.07) is 4.33. The van der Waals surface area contributed by atoms with E-state index in [4.69, 9.17) is 11.6 Å². The molecule has 0 N–H and O–H groups in total. The molecule has 20 heavy (non-hydrogen) atoms. The number of nitrogens with zero attached hydrogens (tertiary/aromatic N) is 2. The normalized spacial score (nSPS) is 15.9. The number of piperidine rings is 1. The van der Waals surface area contributed by atoms with Gasteiger partial charge in [-0.3, -0.25) is 9.69 Å². The van der Waals surface area contributed by atoms with Gasteiger partial charge in [0.05, 0.1) is 10.5 Å². The number of rotatable bonds is 1. The summed E-state index contributed by atoms with van der Waals surface area (Å²) < 4.78 is 13.4. The first-order valence-electron chi connectivity index (χ1n) is 6.63. The minimum atomic E-state index is -0.360. The lowest BCUT2D eigenvalue weighted by Gasteiger charge is -2.27. The lowest BCUT2D eigenvalue weighted by molar-refractivity contribution is -0.119. The summed E-state index contributed by atoms with van der Waals surface area (Å²) in [7, 11) is 0. The molecule has 0 spiro atoms. The van der Waals surface area contributed by atoms with E-state index in [-0.39, 0.29) is 11.7 Å². The molecular weight excluding hydrogens is 279 g/mol. The van der Waals surface area contributed by atoms with Crippen molar-refractivity contribution in [3.63, 3.8) is 0 Å². The van der Waals surface area contributed by atoms with Crippen molar-refractivity contribution in [3.8, 4) is 0 Å². The highest BCUT2D eigenvalue weighted by Crippen LogP contribution is 2.33. The Morgan fingerprint density at radius 2 is 2.15 bits per heavy atom. The fraction of sp³-hybridized carbons (Fsp3) is 0.333. The van der Waals surface area contributed by atoms with Gasteiger partial charge in [-0.05, 0) is 31.9 Å². The fourth-order valence-corrected chi connectivity index (χ4v) is 2.82. The predicted molar refractivity (Wildman–Crippen MR) is 77.7 cm³/mol. The number of hydrogen-bond donors (Lipinski definition) is 0. The van der Waals surface area contributed by atoms with Crippen molar-refractivity contribution in [2.24, 2.45) is 0 Å². The van der Waals surface area contributed by atoms with Crippen molar-refractivity contribution in [3.05, 3.63) is 34.6 Å². The highest BCUT2D eigenvalue weighted by atomic mass is 35.5. The average molecular weight is 293 g/mol. The molecule has 3 nitrogen and oxygen atoms in total. The summed E-state index contributed by atoms with van der Waals surface area (Å²) in [6.07, 6.45) is 2.38. The first-order valence-corrected chi connectivity index (χ1v) is 7.01. The number of halogens is 2. The zero-order chi connectivity index (χ0) is 14.3. The Labute approximate surface area is 121 Å². The van der Waals surface area contributed by atoms with Gasteiger partial charge in [-0.2, -0.15) is 0 Å². The first kappa shape index (κ1) is 13.3. The number of benzene rings is 1. The number of carbonyl (C=O) groups excluding carboxylic acids is 1. The van der Waals surface area contributed by atoms with E-state index in [1.54, 1.807) is 11.0 Å². The van der Waals surface area contributed by atoms with Crippen LogP contribution in [0.1, 0.15) is 24.8 Å². The average Bonchev–Trinajstić information content (AvgIpc) is 2.43. The molecule has 1 amide bonds.